The first-order valence-corrected chi connectivity index (χ1v) is 6.09. The zero-order valence-electron chi connectivity index (χ0n) is 9.31. The van der Waals surface area contributed by atoms with E-state index in [1.54, 1.807) is 0 Å². The molecule has 0 bridgehead atoms. The van der Waals surface area contributed by atoms with Gasteiger partial charge in [0.05, 0.1) is 19.5 Å². The number of methoxy groups -OCH3 is 1. The second kappa shape index (κ2) is 6.53. The largest absolute Gasteiger partial charge is 0.484 e. The highest BCUT2D eigenvalue weighted by Gasteiger charge is 2.43. The predicted molar refractivity (Wildman–Crippen MR) is 61.0 cm³/mol. The van der Waals surface area contributed by atoms with Gasteiger partial charge in [-0.2, -0.15) is 0 Å². The summed E-state index contributed by atoms with van der Waals surface area (Å²) in [5.74, 6) is 0.172. The molecule has 100 valence electrons. The second-order valence-corrected chi connectivity index (χ2v) is 4.72. The molecule has 0 radical (unpaired) electrons. The summed E-state index contributed by atoms with van der Waals surface area (Å²) in [5.41, 5.74) is -0.818. The van der Waals surface area contributed by atoms with Crippen molar-refractivity contribution in [2.24, 2.45) is 0 Å². The van der Waals surface area contributed by atoms with E-state index in [1.165, 1.54) is 7.11 Å². The monoisotopic (exact) mass is 267 g/mol. The van der Waals surface area contributed by atoms with E-state index in [9.17, 15) is 15.3 Å². The van der Waals surface area contributed by atoms with Gasteiger partial charge in [0.2, 0.25) is 0 Å². The van der Waals surface area contributed by atoms with Crippen molar-refractivity contribution in [1.82, 2.24) is 0 Å². The summed E-state index contributed by atoms with van der Waals surface area (Å²) in [7, 11) is 1.36. The number of thioether (sulfide) groups is 1. The Balaban J connectivity index is 2.56. The molecule has 1 aliphatic heterocycles. The number of ether oxygens (including phenoxy) is 2. The zero-order valence-corrected chi connectivity index (χ0v) is 10.1. The van der Waals surface area contributed by atoms with Crippen LogP contribution in [0.1, 0.15) is 0 Å². The highest BCUT2D eigenvalue weighted by Crippen LogP contribution is 2.28. The molecule has 17 heavy (non-hydrogen) atoms. The van der Waals surface area contributed by atoms with Gasteiger partial charge in [-0.15, -0.1) is 11.8 Å². The van der Waals surface area contributed by atoms with Gasteiger partial charge in [-0.25, -0.2) is 0 Å². The molecule has 0 aromatic heterocycles. The summed E-state index contributed by atoms with van der Waals surface area (Å²) >= 11 is 1.06. The number of rotatable bonds is 4. The minimum Gasteiger partial charge on any atom is -0.484 e. The normalized spacial score (nSPS) is 37.8. The Bertz CT molecular complexity index is 264. The van der Waals surface area contributed by atoms with Crippen LogP contribution in [0.2, 0.25) is 0 Å². The van der Waals surface area contributed by atoms with Crippen molar-refractivity contribution in [3.05, 3.63) is 0 Å². The maximum atomic E-state index is 9.66. The Morgan fingerprint density at radius 1 is 1.29 bits per heavy atom. The number of nitrogens with one attached hydrogen (secondary N) is 1. The van der Waals surface area contributed by atoms with Crippen LogP contribution >= 0.6 is 11.8 Å². The first kappa shape index (κ1) is 14.7. The number of aliphatic hydroxyl groups excluding tert-OH is 4. The summed E-state index contributed by atoms with van der Waals surface area (Å²) in [6.45, 7) is -0.455. The number of aliphatic hydroxyl groups is 4. The second-order valence-electron chi connectivity index (χ2n) is 3.64. The number of hydrogen-bond acceptors (Lipinski definition) is 8. The Labute approximate surface area is 103 Å². The fourth-order valence-corrected chi connectivity index (χ4v) is 2.43. The summed E-state index contributed by atoms with van der Waals surface area (Å²) in [6.07, 6.45) is -4.92. The van der Waals surface area contributed by atoms with E-state index < -0.39 is 36.5 Å². The van der Waals surface area contributed by atoms with Crippen molar-refractivity contribution in [2.75, 3.05) is 19.5 Å². The van der Waals surface area contributed by atoms with Gasteiger partial charge in [0.15, 0.2) is 5.90 Å². The fraction of sp³-hybridized carbons (Fsp3) is 0.889. The third-order valence-corrected chi connectivity index (χ3v) is 3.62. The summed E-state index contributed by atoms with van der Waals surface area (Å²) < 4.78 is 9.87. The molecule has 1 rings (SSSR count). The maximum Gasteiger partial charge on any atom is 0.190 e. The summed E-state index contributed by atoms with van der Waals surface area (Å²) in [4.78, 5) is 0. The van der Waals surface area contributed by atoms with Crippen LogP contribution < -0.4 is 0 Å². The fourth-order valence-electron chi connectivity index (χ4n) is 1.42. The number of hydrogen-bond donors (Lipinski definition) is 5. The maximum absolute atomic E-state index is 9.66. The average Bonchev–Trinajstić information content (AvgIpc) is 2.34. The van der Waals surface area contributed by atoms with Crippen LogP contribution in [0.4, 0.5) is 0 Å². The van der Waals surface area contributed by atoms with Gasteiger partial charge >= 0.3 is 0 Å². The van der Waals surface area contributed by atoms with E-state index in [0.29, 0.717) is 0 Å². The van der Waals surface area contributed by atoms with Crippen molar-refractivity contribution < 1.29 is 29.9 Å². The van der Waals surface area contributed by atoms with Gasteiger partial charge in [-0.05, 0) is 0 Å². The molecule has 1 fully saturated rings. The van der Waals surface area contributed by atoms with Crippen molar-refractivity contribution in [3.8, 4) is 0 Å². The zero-order chi connectivity index (χ0) is 13.0. The van der Waals surface area contributed by atoms with Crippen LogP contribution in [-0.4, -0.2) is 75.6 Å². The topological polar surface area (TPSA) is 123 Å². The highest BCUT2D eigenvalue weighted by atomic mass is 32.2. The van der Waals surface area contributed by atoms with Crippen LogP contribution in [0.5, 0.6) is 0 Å². The molecule has 0 aromatic rings. The van der Waals surface area contributed by atoms with Gasteiger partial charge in [0, 0.05) is 0 Å². The van der Waals surface area contributed by atoms with Crippen LogP contribution in [0.15, 0.2) is 0 Å². The van der Waals surface area contributed by atoms with Crippen molar-refractivity contribution >= 4 is 17.7 Å². The Kier molecular flexibility index (Phi) is 5.63. The molecule has 1 heterocycles. The van der Waals surface area contributed by atoms with Crippen LogP contribution in [-0.2, 0) is 9.47 Å². The molecule has 8 heteroatoms. The van der Waals surface area contributed by atoms with Crippen molar-refractivity contribution in [3.63, 3.8) is 0 Å². The third kappa shape index (κ3) is 3.54. The highest BCUT2D eigenvalue weighted by molar-refractivity contribution is 8.00. The summed E-state index contributed by atoms with van der Waals surface area (Å²) in [6, 6.07) is 0. The van der Waals surface area contributed by atoms with E-state index in [1.807, 2.05) is 0 Å². The molecular weight excluding hydrogens is 250 g/mol. The Morgan fingerprint density at radius 3 is 2.47 bits per heavy atom. The molecular formula is C9H17NO6S. The van der Waals surface area contributed by atoms with Gasteiger partial charge in [0.25, 0.3) is 0 Å². The van der Waals surface area contributed by atoms with Gasteiger partial charge in [-0.1, -0.05) is 0 Å². The quantitative estimate of drug-likeness (QED) is 0.299. The lowest BCUT2D eigenvalue weighted by Crippen LogP contribution is -2.57. The van der Waals surface area contributed by atoms with Crippen LogP contribution in [0, 0.1) is 5.41 Å². The van der Waals surface area contributed by atoms with Gasteiger partial charge in [-0.3, -0.25) is 5.41 Å². The molecule has 5 N–H and O–H groups in total. The van der Waals surface area contributed by atoms with Gasteiger partial charge < -0.3 is 29.9 Å². The molecule has 0 aliphatic carbocycles. The van der Waals surface area contributed by atoms with E-state index in [4.69, 9.17) is 15.3 Å². The Hall–Kier alpha value is -0.380. The SMILES string of the molecule is COC(=N)CSC1OC(CO)[C@H](O)[C@H](O)[C@@H]1O. The van der Waals surface area contributed by atoms with E-state index >= 15 is 0 Å². The molecule has 0 amide bonds. The lowest BCUT2D eigenvalue weighted by atomic mass is 10.0. The van der Waals surface area contributed by atoms with E-state index in [-0.39, 0.29) is 11.7 Å². The summed E-state index contributed by atoms with van der Waals surface area (Å²) in [5, 5.41) is 44.9. The third-order valence-electron chi connectivity index (χ3n) is 2.47. The molecule has 0 aromatic carbocycles. The van der Waals surface area contributed by atoms with Crippen LogP contribution in [0.25, 0.3) is 0 Å². The van der Waals surface area contributed by atoms with Crippen LogP contribution in [0.3, 0.4) is 0 Å². The molecule has 2 unspecified atom stereocenters. The molecule has 7 nitrogen and oxygen atoms in total. The lowest BCUT2D eigenvalue weighted by Gasteiger charge is -2.39. The van der Waals surface area contributed by atoms with Crippen molar-refractivity contribution in [2.45, 2.75) is 29.9 Å². The van der Waals surface area contributed by atoms with E-state index in [2.05, 4.69) is 4.74 Å². The first-order valence-electron chi connectivity index (χ1n) is 5.04. The molecule has 1 saturated heterocycles. The predicted octanol–water partition coefficient (Wildman–Crippen LogP) is -1.86. The van der Waals surface area contributed by atoms with Gasteiger partial charge in [0.1, 0.15) is 29.9 Å². The standard InChI is InChI=1S/C9H17NO6S/c1-15-5(10)3-17-9-8(14)7(13)6(12)4(2-11)16-9/h4,6-14H,2-3H2,1H3/t4?,6-,7-,8-,9?/m0/s1. The minimum atomic E-state index is -1.38. The smallest absolute Gasteiger partial charge is 0.190 e. The molecule has 0 saturated carbocycles. The molecule has 1 aliphatic rings. The first-order chi connectivity index (χ1) is 8.01. The molecule has 0 spiro atoms. The average molecular weight is 267 g/mol. The lowest BCUT2D eigenvalue weighted by molar-refractivity contribution is -0.205. The van der Waals surface area contributed by atoms with Crippen molar-refractivity contribution in [1.29, 1.82) is 5.41 Å². The minimum absolute atomic E-state index is 0.00644. The molecule has 5 atom stereocenters. The van der Waals surface area contributed by atoms with E-state index in [0.717, 1.165) is 11.8 Å². The Morgan fingerprint density at radius 2 is 1.94 bits per heavy atom.